The molecule has 0 unspecified atom stereocenters. The first kappa shape index (κ1) is 9.55. The van der Waals surface area contributed by atoms with E-state index >= 15 is 0 Å². The lowest BCUT2D eigenvalue weighted by atomic mass is 10.1. The van der Waals surface area contributed by atoms with E-state index in [1.165, 1.54) is 0 Å². The van der Waals surface area contributed by atoms with E-state index in [0.29, 0.717) is 0 Å². The smallest absolute Gasteiger partial charge is 0.0494 e. The molecule has 0 saturated carbocycles. The first-order valence-corrected chi connectivity index (χ1v) is 4.13. The third kappa shape index (κ3) is 2.20. The Morgan fingerprint density at radius 2 is 2.08 bits per heavy atom. The van der Waals surface area contributed by atoms with Crippen LogP contribution < -0.4 is 10.9 Å². The fourth-order valence-corrected chi connectivity index (χ4v) is 1.17. The highest BCUT2D eigenvalue weighted by atomic mass is 15.3. The molecule has 0 amide bonds. The highest BCUT2D eigenvalue weighted by Gasteiger charge is 2.00. The molecule has 0 atom stereocenters. The molecule has 0 aliphatic rings. The number of hydrogen-bond donors (Lipinski definition) is 2. The summed E-state index contributed by atoms with van der Waals surface area (Å²) in [6.45, 7) is 7.65. The lowest BCUT2D eigenvalue weighted by Crippen LogP contribution is -2.25. The minimum atomic E-state index is 0.845. The van der Waals surface area contributed by atoms with Gasteiger partial charge in [-0.3, -0.25) is 0 Å². The summed E-state index contributed by atoms with van der Waals surface area (Å²) in [6.07, 6.45) is 1.82. The van der Waals surface area contributed by atoms with Crippen LogP contribution in [0.2, 0.25) is 0 Å². The summed E-state index contributed by atoms with van der Waals surface area (Å²) in [5.74, 6) is 0. The molecule has 2 N–H and O–H groups in total. The molecule has 0 radical (unpaired) electrons. The molecule has 1 rings (SSSR count). The van der Waals surface area contributed by atoms with Gasteiger partial charge in [-0.2, -0.15) is 0 Å². The van der Waals surface area contributed by atoms with Crippen molar-refractivity contribution in [1.82, 2.24) is 10.9 Å². The van der Waals surface area contributed by atoms with Gasteiger partial charge in [0.1, 0.15) is 0 Å². The minimum absolute atomic E-state index is 0.845. The van der Waals surface area contributed by atoms with Crippen LogP contribution in [-0.2, 0) is 0 Å². The molecule has 0 spiro atoms. The van der Waals surface area contributed by atoms with Gasteiger partial charge in [-0.1, -0.05) is 43.5 Å². The van der Waals surface area contributed by atoms with Crippen LogP contribution in [0.4, 0.5) is 0 Å². The summed E-state index contributed by atoms with van der Waals surface area (Å²) in [5.41, 5.74) is 8.76. The minimum Gasteiger partial charge on any atom is -0.322 e. The summed E-state index contributed by atoms with van der Waals surface area (Å²) in [5, 5.41) is 0. The van der Waals surface area contributed by atoms with Crippen molar-refractivity contribution in [1.29, 1.82) is 0 Å². The van der Waals surface area contributed by atoms with Gasteiger partial charge in [-0.25, -0.2) is 5.43 Å². The molecule has 0 aliphatic heterocycles. The second kappa shape index (κ2) is 4.48. The maximum absolute atomic E-state index is 3.90. The van der Waals surface area contributed by atoms with Crippen LogP contribution in [0.1, 0.15) is 11.1 Å². The average Bonchev–Trinajstić information content (AvgIpc) is 2.18. The largest absolute Gasteiger partial charge is 0.322 e. The van der Waals surface area contributed by atoms with Crippen LogP contribution in [0, 0.1) is 0 Å². The van der Waals surface area contributed by atoms with Gasteiger partial charge < -0.3 is 5.43 Å². The molecule has 0 aliphatic carbocycles. The van der Waals surface area contributed by atoms with Crippen LogP contribution in [0.3, 0.4) is 0 Å². The van der Waals surface area contributed by atoms with E-state index in [1.807, 2.05) is 37.4 Å². The Hall–Kier alpha value is -1.54. The number of nitrogens with one attached hydrogen (secondary N) is 2. The maximum Gasteiger partial charge on any atom is 0.0494 e. The van der Waals surface area contributed by atoms with Crippen molar-refractivity contribution in [2.75, 3.05) is 7.05 Å². The molecule has 0 aromatic heterocycles. The third-order valence-electron chi connectivity index (χ3n) is 1.78. The third-order valence-corrected chi connectivity index (χ3v) is 1.78. The lowest BCUT2D eigenvalue weighted by molar-refractivity contribution is 0.749. The fourth-order valence-electron chi connectivity index (χ4n) is 1.17. The highest BCUT2D eigenvalue weighted by molar-refractivity contribution is 5.71. The van der Waals surface area contributed by atoms with Gasteiger partial charge in [0.05, 0.1) is 0 Å². The van der Waals surface area contributed by atoms with Crippen LogP contribution in [-0.4, -0.2) is 7.05 Å². The molecule has 2 heteroatoms. The summed E-state index contributed by atoms with van der Waals surface area (Å²) in [4.78, 5) is 0. The van der Waals surface area contributed by atoms with Crippen molar-refractivity contribution < 1.29 is 0 Å². The first-order chi connectivity index (χ1) is 6.29. The van der Waals surface area contributed by atoms with E-state index in [1.54, 1.807) is 0 Å². The number of rotatable bonds is 4. The van der Waals surface area contributed by atoms with Gasteiger partial charge in [0.25, 0.3) is 0 Å². The van der Waals surface area contributed by atoms with E-state index < -0.39 is 0 Å². The second-order valence-electron chi connectivity index (χ2n) is 2.64. The Balaban J connectivity index is 2.98. The summed E-state index contributed by atoms with van der Waals surface area (Å²) < 4.78 is 0. The Labute approximate surface area is 78.9 Å². The molecule has 0 bridgehead atoms. The summed E-state index contributed by atoms with van der Waals surface area (Å²) in [7, 11) is 1.81. The van der Waals surface area contributed by atoms with Crippen LogP contribution >= 0.6 is 0 Å². The normalized spacial score (nSPS) is 9.31. The van der Waals surface area contributed by atoms with Gasteiger partial charge in [0.2, 0.25) is 0 Å². The van der Waals surface area contributed by atoms with Crippen molar-refractivity contribution in [2.45, 2.75) is 0 Å². The first-order valence-electron chi connectivity index (χ1n) is 4.13. The van der Waals surface area contributed by atoms with Crippen molar-refractivity contribution in [2.24, 2.45) is 0 Å². The Morgan fingerprint density at radius 1 is 1.38 bits per heavy atom. The number of hydrogen-bond acceptors (Lipinski definition) is 2. The Morgan fingerprint density at radius 3 is 2.69 bits per heavy atom. The molecular formula is C11H14N2. The lowest BCUT2D eigenvalue weighted by Gasteiger charge is -2.10. The van der Waals surface area contributed by atoms with E-state index in [9.17, 15) is 0 Å². The van der Waals surface area contributed by atoms with Crippen molar-refractivity contribution in [3.8, 4) is 0 Å². The highest BCUT2D eigenvalue weighted by Crippen LogP contribution is 2.15. The number of hydrazine groups is 1. The zero-order chi connectivity index (χ0) is 9.68. The van der Waals surface area contributed by atoms with E-state index in [2.05, 4.69) is 24.0 Å². The van der Waals surface area contributed by atoms with Crippen molar-refractivity contribution in [3.05, 3.63) is 48.6 Å². The SMILES string of the molecule is C=Cc1ccccc1C(=C)NNC. The standard InChI is InChI=1S/C11H14N2/c1-4-10-7-5-6-8-11(10)9(2)13-12-3/h4-8,12-13H,1-2H2,3H3. The fraction of sp³-hybridized carbons (Fsp3) is 0.0909. The van der Waals surface area contributed by atoms with Crippen molar-refractivity contribution >= 4 is 11.8 Å². The molecule has 13 heavy (non-hydrogen) atoms. The molecule has 68 valence electrons. The molecule has 0 saturated heterocycles. The van der Waals surface area contributed by atoms with Gasteiger partial charge >= 0.3 is 0 Å². The molecule has 1 aromatic rings. The van der Waals surface area contributed by atoms with Crippen molar-refractivity contribution in [3.63, 3.8) is 0 Å². The Bertz CT molecular complexity index is 316. The van der Waals surface area contributed by atoms with Gasteiger partial charge in [-0.05, 0) is 5.56 Å². The molecule has 1 aromatic carbocycles. The van der Waals surface area contributed by atoms with Gasteiger partial charge in [0.15, 0.2) is 0 Å². The predicted molar refractivity (Wildman–Crippen MR) is 57.8 cm³/mol. The van der Waals surface area contributed by atoms with Crippen LogP contribution in [0.15, 0.2) is 37.4 Å². The quantitative estimate of drug-likeness (QED) is 0.682. The van der Waals surface area contributed by atoms with Gasteiger partial charge in [0, 0.05) is 18.3 Å². The molecule has 2 nitrogen and oxygen atoms in total. The predicted octanol–water partition coefficient (Wildman–Crippen LogP) is 2.02. The zero-order valence-corrected chi connectivity index (χ0v) is 7.80. The average molecular weight is 174 g/mol. The maximum atomic E-state index is 3.90. The molecule has 0 heterocycles. The molecule has 0 fully saturated rings. The van der Waals surface area contributed by atoms with Crippen LogP contribution in [0.25, 0.3) is 11.8 Å². The topological polar surface area (TPSA) is 24.1 Å². The Kier molecular flexibility index (Phi) is 3.29. The zero-order valence-electron chi connectivity index (χ0n) is 7.80. The monoisotopic (exact) mass is 174 g/mol. The number of benzene rings is 1. The van der Waals surface area contributed by atoms with E-state index in [-0.39, 0.29) is 0 Å². The van der Waals surface area contributed by atoms with E-state index in [0.717, 1.165) is 16.8 Å². The molecular weight excluding hydrogens is 160 g/mol. The summed E-state index contributed by atoms with van der Waals surface area (Å²) in [6, 6.07) is 7.96. The van der Waals surface area contributed by atoms with Gasteiger partial charge in [-0.15, -0.1) is 0 Å². The van der Waals surface area contributed by atoms with Crippen LogP contribution in [0.5, 0.6) is 0 Å². The second-order valence-corrected chi connectivity index (χ2v) is 2.64. The summed E-state index contributed by atoms with van der Waals surface area (Å²) >= 11 is 0. The van der Waals surface area contributed by atoms with E-state index in [4.69, 9.17) is 0 Å².